The van der Waals surface area contributed by atoms with Crippen molar-refractivity contribution in [2.45, 2.75) is 39.5 Å². The van der Waals surface area contributed by atoms with Gasteiger partial charge in [0.05, 0.1) is 24.6 Å². The van der Waals surface area contributed by atoms with Gasteiger partial charge >= 0.3 is 0 Å². The van der Waals surface area contributed by atoms with E-state index in [0.29, 0.717) is 13.2 Å². The van der Waals surface area contributed by atoms with Crippen molar-refractivity contribution in [1.29, 1.82) is 0 Å². The van der Waals surface area contributed by atoms with Crippen LogP contribution in [0.25, 0.3) is 32.3 Å². The van der Waals surface area contributed by atoms with Crippen molar-refractivity contribution >= 4 is 66.4 Å². The summed E-state index contributed by atoms with van der Waals surface area (Å²) in [4.78, 5) is 4.77. The first-order valence-corrected chi connectivity index (χ1v) is 22.5. The Morgan fingerprint density at radius 1 is 0.344 bits per heavy atom. The van der Waals surface area contributed by atoms with Gasteiger partial charge in [-0.3, -0.25) is 0 Å². The van der Waals surface area contributed by atoms with Crippen LogP contribution in [-0.4, -0.2) is 13.2 Å². The molecule has 0 aromatic heterocycles. The van der Waals surface area contributed by atoms with Gasteiger partial charge in [0, 0.05) is 33.5 Å². The standard InChI is InChI=1S/C60H52N2O2/c1-43-17-25-49(26-18-43)61(51-29-33-53(34-30-51)63-41-9-15-45-11-5-3-6-12-45)57-39-23-47-22-38-56-58(40-24-48-21-37-55(57)59(47)60(48)56)62(50-27-19-44(2)20-28-50)52-31-35-54(36-32-52)64-42-10-16-46-13-7-4-8-14-46/h3-8,11-14,17-40H,9-10,15-16,41-42H2,1-2H3. The number of ether oxygens (including phenoxy) is 2. The predicted molar refractivity (Wildman–Crippen MR) is 270 cm³/mol. The van der Waals surface area contributed by atoms with Crippen LogP contribution >= 0.6 is 0 Å². The summed E-state index contributed by atoms with van der Waals surface area (Å²) in [7, 11) is 0. The summed E-state index contributed by atoms with van der Waals surface area (Å²) in [6.07, 6.45) is 3.93. The lowest BCUT2D eigenvalue weighted by molar-refractivity contribution is 0.311. The number of aryl methyl sites for hydroxylation is 4. The van der Waals surface area contributed by atoms with Crippen LogP contribution in [0.3, 0.4) is 0 Å². The summed E-state index contributed by atoms with van der Waals surface area (Å²) >= 11 is 0. The molecule has 4 nitrogen and oxygen atoms in total. The molecule has 314 valence electrons. The number of benzene rings is 10. The van der Waals surface area contributed by atoms with Gasteiger partial charge < -0.3 is 19.3 Å². The summed E-state index contributed by atoms with van der Waals surface area (Å²) < 4.78 is 12.5. The zero-order valence-corrected chi connectivity index (χ0v) is 36.6. The minimum Gasteiger partial charge on any atom is -0.494 e. The highest BCUT2D eigenvalue weighted by Crippen LogP contribution is 2.47. The molecular weight excluding hydrogens is 781 g/mol. The van der Waals surface area contributed by atoms with E-state index in [1.165, 1.54) is 54.6 Å². The molecule has 10 aromatic rings. The number of hydrogen-bond acceptors (Lipinski definition) is 4. The van der Waals surface area contributed by atoms with Gasteiger partial charge in [0.25, 0.3) is 0 Å². The van der Waals surface area contributed by atoms with E-state index < -0.39 is 0 Å². The third-order valence-electron chi connectivity index (χ3n) is 12.3. The van der Waals surface area contributed by atoms with Gasteiger partial charge in [0.15, 0.2) is 0 Å². The van der Waals surface area contributed by atoms with Crippen molar-refractivity contribution in [1.82, 2.24) is 0 Å². The average molecular weight is 833 g/mol. The van der Waals surface area contributed by atoms with Crippen LogP contribution in [0.5, 0.6) is 11.5 Å². The summed E-state index contributed by atoms with van der Waals surface area (Å²) in [6.45, 7) is 5.62. The molecule has 10 aromatic carbocycles. The fraction of sp³-hybridized carbons (Fsp3) is 0.133. The van der Waals surface area contributed by atoms with E-state index in [4.69, 9.17) is 9.47 Å². The zero-order valence-electron chi connectivity index (χ0n) is 36.6. The Morgan fingerprint density at radius 3 is 1.06 bits per heavy atom. The Labute approximate surface area is 376 Å². The van der Waals surface area contributed by atoms with Gasteiger partial charge in [-0.1, -0.05) is 132 Å². The SMILES string of the molecule is Cc1ccc(N(c2ccc(OCCCc3ccccc3)cc2)c2ccc3ccc4c(N(c5ccc(C)cc5)c5ccc(OCCCc6ccccc6)cc5)ccc5ccc2c3c54)cc1. The lowest BCUT2D eigenvalue weighted by atomic mass is 9.91. The highest BCUT2D eigenvalue weighted by atomic mass is 16.5. The molecule has 10 rings (SSSR count). The first kappa shape index (κ1) is 40.5. The monoisotopic (exact) mass is 832 g/mol. The topological polar surface area (TPSA) is 24.9 Å². The van der Waals surface area contributed by atoms with Crippen molar-refractivity contribution in [3.05, 3.63) is 229 Å². The van der Waals surface area contributed by atoms with Gasteiger partial charge in [-0.2, -0.15) is 0 Å². The number of rotatable bonds is 16. The second-order valence-electron chi connectivity index (χ2n) is 16.8. The predicted octanol–water partition coefficient (Wildman–Crippen LogP) is 16.2. The normalized spacial score (nSPS) is 11.3. The van der Waals surface area contributed by atoms with E-state index >= 15 is 0 Å². The van der Waals surface area contributed by atoms with E-state index in [2.05, 4.69) is 230 Å². The molecule has 0 heterocycles. The number of nitrogens with zero attached hydrogens (tertiary/aromatic N) is 2. The fourth-order valence-electron chi connectivity index (χ4n) is 9.01. The first-order chi connectivity index (χ1) is 31.6. The third kappa shape index (κ3) is 8.60. The molecule has 0 aliphatic rings. The maximum absolute atomic E-state index is 6.25. The lowest BCUT2D eigenvalue weighted by Gasteiger charge is -2.29. The molecule has 0 bridgehead atoms. The summed E-state index contributed by atoms with van der Waals surface area (Å²) in [5, 5.41) is 7.34. The van der Waals surface area contributed by atoms with Gasteiger partial charge in [-0.05, 0) is 157 Å². The van der Waals surface area contributed by atoms with E-state index in [1.807, 2.05) is 0 Å². The van der Waals surface area contributed by atoms with Gasteiger partial charge in [-0.25, -0.2) is 0 Å². The molecule has 0 fully saturated rings. The Bertz CT molecular complexity index is 2880. The van der Waals surface area contributed by atoms with Crippen LogP contribution < -0.4 is 19.3 Å². The van der Waals surface area contributed by atoms with Gasteiger partial charge in [0.2, 0.25) is 0 Å². The van der Waals surface area contributed by atoms with Crippen molar-refractivity contribution in [2.24, 2.45) is 0 Å². The average Bonchev–Trinajstić information content (AvgIpc) is 3.34. The number of anilines is 6. The molecular formula is C60H52N2O2. The summed E-state index contributed by atoms with van der Waals surface area (Å²) in [5.74, 6) is 1.76. The van der Waals surface area contributed by atoms with Crippen LogP contribution in [-0.2, 0) is 12.8 Å². The smallest absolute Gasteiger partial charge is 0.119 e. The van der Waals surface area contributed by atoms with E-state index in [0.717, 1.165) is 71.3 Å². The zero-order chi connectivity index (χ0) is 43.2. The van der Waals surface area contributed by atoms with Crippen molar-refractivity contribution in [3.63, 3.8) is 0 Å². The summed E-state index contributed by atoms with van der Waals surface area (Å²) in [6, 6.07) is 74.3. The first-order valence-electron chi connectivity index (χ1n) is 22.5. The van der Waals surface area contributed by atoms with E-state index in [1.54, 1.807) is 0 Å². The lowest BCUT2D eigenvalue weighted by Crippen LogP contribution is -2.11. The Hall–Kier alpha value is -7.56. The van der Waals surface area contributed by atoms with Crippen molar-refractivity contribution < 1.29 is 9.47 Å². The Kier molecular flexibility index (Phi) is 11.7. The molecule has 0 aliphatic heterocycles. The van der Waals surface area contributed by atoms with Crippen LogP contribution in [0.1, 0.15) is 35.1 Å². The minimum atomic E-state index is 0.670. The Morgan fingerprint density at radius 2 is 0.688 bits per heavy atom. The molecule has 64 heavy (non-hydrogen) atoms. The molecule has 0 N–H and O–H groups in total. The third-order valence-corrected chi connectivity index (χ3v) is 12.3. The second kappa shape index (κ2) is 18.4. The van der Waals surface area contributed by atoms with Crippen LogP contribution in [0, 0.1) is 13.8 Å². The van der Waals surface area contributed by atoms with E-state index in [9.17, 15) is 0 Å². The molecule has 0 spiro atoms. The molecule has 0 radical (unpaired) electrons. The van der Waals surface area contributed by atoms with Crippen LogP contribution in [0.4, 0.5) is 34.1 Å². The quantitative estimate of drug-likeness (QED) is 0.0715. The Balaban J connectivity index is 1.00. The van der Waals surface area contributed by atoms with E-state index in [-0.39, 0.29) is 0 Å². The van der Waals surface area contributed by atoms with Crippen LogP contribution in [0.15, 0.2) is 206 Å². The van der Waals surface area contributed by atoms with Gasteiger partial charge in [-0.15, -0.1) is 0 Å². The second-order valence-corrected chi connectivity index (χ2v) is 16.8. The molecule has 0 saturated carbocycles. The van der Waals surface area contributed by atoms with Crippen LogP contribution in [0.2, 0.25) is 0 Å². The minimum absolute atomic E-state index is 0.670. The maximum Gasteiger partial charge on any atom is 0.119 e. The largest absolute Gasteiger partial charge is 0.494 e. The highest BCUT2D eigenvalue weighted by molar-refractivity contribution is 6.28. The molecule has 0 unspecified atom stereocenters. The van der Waals surface area contributed by atoms with Gasteiger partial charge in [0.1, 0.15) is 11.5 Å². The highest BCUT2D eigenvalue weighted by Gasteiger charge is 2.22. The molecule has 0 saturated heterocycles. The fourth-order valence-corrected chi connectivity index (χ4v) is 9.01. The molecule has 0 aliphatic carbocycles. The summed E-state index contributed by atoms with van der Waals surface area (Å²) in [5.41, 5.74) is 11.7. The molecule has 4 heteroatoms. The molecule has 0 atom stereocenters. The van der Waals surface area contributed by atoms with Crippen molar-refractivity contribution in [3.8, 4) is 11.5 Å². The number of hydrogen-bond donors (Lipinski definition) is 0. The molecule has 0 amide bonds. The van der Waals surface area contributed by atoms with Crippen molar-refractivity contribution in [2.75, 3.05) is 23.0 Å². The maximum atomic E-state index is 6.25.